The van der Waals surface area contributed by atoms with Gasteiger partial charge in [0.05, 0.1) is 20.1 Å². The molecule has 0 unspecified atom stereocenters. The lowest BCUT2D eigenvalue weighted by atomic mass is 9.99. The number of fused-ring (bicyclic) bond motifs is 1. The van der Waals surface area contributed by atoms with Crippen molar-refractivity contribution in [3.8, 4) is 5.75 Å². The Hall–Kier alpha value is -1.93. The summed E-state index contributed by atoms with van der Waals surface area (Å²) in [6.45, 7) is -1.97. The van der Waals surface area contributed by atoms with Crippen molar-refractivity contribution in [2.24, 2.45) is 0 Å². The van der Waals surface area contributed by atoms with Gasteiger partial charge in [-0.15, -0.1) is 0 Å². The lowest BCUT2D eigenvalue weighted by Crippen LogP contribution is -2.34. The van der Waals surface area contributed by atoms with E-state index in [-0.39, 0.29) is 22.3 Å². The van der Waals surface area contributed by atoms with Gasteiger partial charge in [-0.25, -0.2) is 18.0 Å². The fraction of sp³-hybridized carbons (Fsp3) is 0.100. The molecule has 7 nitrogen and oxygen atoms in total. The van der Waals surface area contributed by atoms with Crippen LogP contribution in [0.2, 0.25) is 0 Å². The Kier molecular flexibility index (Phi) is 7.58. The Morgan fingerprint density at radius 3 is 1.97 bits per heavy atom. The van der Waals surface area contributed by atoms with Crippen LogP contribution in [0.1, 0.15) is 20.7 Å². The SMILES string of the molecule is O=C(OCC(F)(F)S(=O)(=O)[O-])c1cccc2cccc(C(=O)Oc3c(Br)cc(Br)cc3Br)c12. The Labute approximate surface area is 211 Å². The van der Waals surface area contributed by atoms with E-state index in [1.165, 1.54) is 24.3 Å². The number of carbonyl (C=O) groups is 2. The molecule has 0 aliphatic heterocycles. The number of ether oxygens (including phenoxy) is 2. The quantitative estimate of drug-likeness (QED) is 0.190. The molecule has 0 heterocycles. The van der Waals surface area contributed by atoms with Crippen LogP contribution in [-0.2, 0) is 14.9 Å². The van der Waals surface area contributed by atoms with Gasteiger partial charge in [-0.3, -0.25) is 0 Å². The molecule has 33 heavy (non-hydrogen) atoms. The van der Waals surface area contributed by atoms with Crippen LogP contribution in [-0.4, -0.2) is 36.8 Å². The van der Waals surface area contributed by atoms with Gasteiger partial charge in [0.1, 0.15) is 0 Å². The minimum Gasteiger partial charge on any atom is -0.743 e. The Morgan fingerprint density at radius 2 is 1.45 bits per heavy atom. The summed E-state index contributed by atoms with van der Waals surface area (Å²) in [4.78, 5) is 25.5. The van der Waals surface area contributed by atoms with Crippen molar-refractivity contribution in [3.63, 3.8) is 0 Å². The van der Waals surface area contributed by atoms with E-state index in [2.05, 4.69) is 52.5 Å². The van der Waals surface area contributed by atoms with E-state index in [0.717, 1.165) is 0 Å². The number of hydrogen-bond donors (Lipinski definition) is 0. The molecule has 3 rings (SSSR count). The summed E-state index contributed by atoms with van der Waals surface area (Å²) in [5.74, 6) is -2.06. The van der Waals surface area contributed by atoms with E-state index in [1.54, 1.807) is 24.3 Å². The predicted octanol–water partition coefficient (Wildman–Crippen LogP) is 5.64. The maximum absolute atomic E-state index is 13.4. The summed E-state index contributed by atoms with van der Waals surface area (Å²) >= 11 is 9.86. The third kappa shape index (κ3) is 5.60. The molecule has 3 aromatic carbocycles. The topological polar surface area (TPSA) is 110 Å². The molecule has 0 aliphatic rings. The van der Waals surface area contributed by atoms with Crippen molar-refractivity contribution in [2.45, 2.75) is 5.25 Å². The maximum Gasteiger partial charge on any atom is 0.367 e. The lowest BCUT2D eigenvalue weighted by Gasteiger charge is -2.19. The van der Waals surface area contributed by atoms with Crippen molar-refractivity contribution in [1.82, 2.24) is 0 Å². The monoisotopic (exact) mass is 669 g/mol. The minimum atomic E-state index is -6.04. The molecule has 0 aromatic heterocycles. The molecule has 0 radical (unpaired) electrons. The normalized spacial score (nSPS) is 11.9. The molecule has 3 aromatic rings. The first-order valence-electron chi connectivity index (χ1n) is 8.70. The van der Waals surface area contributed by atoms with Gasteiger partial charge < -0.3 is 14.0 Å². The number of benzene rings is 3. The second-order valence-corrected chi connectivity index (χ2v) is 10.6. The third-order valence-corrected chi connectivity index (χ3v) is 6.72. The zero-order valence-corrected chi connectivity index (χ0v) is 21.6. The van der Waals surface area contributed by atoms with E-state index < -0.39 is 33.9 Å². The highest BCUT2D eigenvalue weighted by molar-refractivity contribution is 9.11. The van der Waals surface area contributed by atoms with Crippen LogP contribution >= 0.6 is 47.8 Å². The lowest BCUT2D eigenvalue weighted by molar-refractivity contribution is -0.00984. The molecule has 0 atom stereocenters. The fourth-order valence-electron chi connectivity index (χ4n) is 2.75. The smallest absolute Gasteiger partial charge is 0.367 e. The molecular formula is C20H10Br3F2O7S-. The zero-order chi connectivity index (χ0) is 24.6. The molecule has 0 aliphatic carbocycles. The number of alkyl halides is 2. The van der Waals surface area contributed by atoms with Gasteiger partial charge in [-0.1, -0.05) is 40.2 Å². The van der Waals surface area contributed by atoms with Crippen LogP contribution in [0.25, 0.3) is 10.8 Å². The number of halogens is 5. The van der Waals surface area contributed by atoms with Crippen LogP contribution in [0, 0.1) is 0 Å². The van der Waals surface area contributed by atoms with E-state index in [9.17, 15) is 31.3 Å². The van der Waals surface area contributed by atoms with Crippen LogP contribution in [0.3, 0.4) is 0 Å². The summed E-state index contributed by atoms with van der Waals surface area (Å²) < 4.78 is 70.2. The third-order valence-electron chi connectivity index (χ3n) is 4.24. The van der Waals surface area contributed by atoms with Gasteiger partial charge in [-0.2, -0.15) is 8.78 Å². The first kappa shape index (κ1) is 25.7. The molecule has 0 saturated heterocycles. The Morgan fingerprint density at radius 1 is 0.939 bits per heavy atom. The van der Waals surface area contributed by atoms with Gasteiger partial charge in [0.2, 0.25) is 0 Å². The highest BCUT2D eigenvalue weighted by Gasteiger charge is 2.39. The van der Waals surface area contributed by atoms with E-state index in [4.69, 9.17) is 4.74 Å². The number of hydrogen-bond acceptors (Lipinski definition) is 7. The second-order valence-electron chi connectivity index (χ2n) is 6.46. The van der Waals surface area contributed by atoms with E-state index in [1.807, 2.05) is 0 Å². The summed E-state index contributed by atoms with van der Waals surface area (Å²) in [6.07, 6.45) is 0. The Balaban J connectivity index is 2.00. The van der Waals surface area contributed by atoms with Crippen molar-refractivity contribution in [1.29, 1.82) is 0 Å². The van der Waals surface area contributed by atoms with Gasteiger partial charge in [0.25, 0.3) is 0 Å². The molecular weight excluding hydrogens is 662 g/mol. The average Bonchev–Trinajstić information content (AvgIpc) is 2.72. The van der Waals surface area contributed by atoms with Crippen molar-refractivity contribution in [3.05, 3.63) is 73.1 Å². The largest absolute Gasteiger partial charge is 0.743 e. The highest BCUT2D eigenvalue weighted by Crippen LogP contribution is 2.37. The minimum absolute atomic E-state index is 0.0349. The first-order chi connectivity index (χ1) is 15.3. The highest BCUT2D eigenvalue weighted by atomic mass is 79.9. The summed E-state index contributed by atoms with van der Waals surface area (Å²) in [6, 6.07) is 11.9. The Bertz CT molecular complexity index is 1350. The van der Waals surface area contributed by atoms with E-state index >= 15 is 0 Å². The number of esters is 2. The van der Waals surface area contributed by atoms with Crippen molar-refractivity contribution < 1.29 is 40.8 Å². The fourth-order valence-corrected chi connectivity index (χ4v) is 5.38. The van der Waals surface area contributed by atoms with Gasteiger partial charge >= 0.3 is 17.2 Å². The van der Waals surface area contributed by atoms with Gasteiger partial charge in [0.15, 0.2) is 22.5 Å². The van der Waals surface area contributed by atoms with Crippen LogP contribution in [0.15, 0.2) is 61.9 Å². The molecule has 13 heteroatoms. The van der Waals surface area contributed by atoms with Crippen molar-refractivity contribution >= 4 is 80.6 Å². The molecule has 0 N–H and O–H groups in total. The first-order valence-corrected chi connectivity index (χ1v) is 12.5. The van der Waals surface area contributed by atoms with Crippen molar-refractivity contribution in [2.75, 3.05) is 6.61 Å². The second kappa shape index (κ2) is 9.74. The standard InChI is InChI=1S/C20H11Br3F2O7S/c21-11-7-14(22)17(15(23)8-11)32-19(27)13-6-2-4-10-3-1-5-12(16(10)13)18(26)31-9-20(24,25)33(28,29)30/h1-8H,9H2,(H,28,29,30)/p-1. The van der Waals surface area contributed by atoms with Gasteiger partial charge in [0, 0.05) is 9.86 Å². The van der Waals surface area contributed by atoms with Crippen LogP contribution in [0.5, 0.6) is 5.75 Å². The molecule has 0 bridgehead atoms. The summed E-state index contributed by atoms with van der Waals surface area (Å²) in [7, 11) is -6.04. The predicted molar refractivity (Wildman–Crippen MR) is 123 cm³/mol. The van der Waals surface area contributed by atoms with E-state index in [0.29, 0.717) is 18.8 Å². The molecule has 0 spiro atoms. The molecule has 0 fully saturated rings. The molecule has 0 amide bonds. The molecule has 174 valence electrons. The summed E-state index contributed by atoms with van der Waals surface area (Å²) in [5, 5.41) is -4.39. The van der Waals surface area contributed by atoms with Gasteiger partial charge in [-0.05, 0) is 61.5 Å². The molecule has 0 saturated carbocycles. The number of rotatable bonds is 6. The van der Waals surface area contributed by atoms with Crippen LogP contribution < -0.4 is 4.74 Å². The van der Waals surface area contributed by atoms with Crippen LogP contribution in [0.4, 0.5) is 8.78 Å². The number of carbonyl (C=O) groups excluding carboxylic acids is 2. The summed E-state index contributed by atoms with van der Waals surface area (Å²) in [5.41, 5.74) is -0.377. The zero-order valence-electron chi connectivity index (χ0n) is 16.0. The maximum atomic E-state index is 13.4. The average molecular weight is 672 g/mol.